The van der Waals surface area contributed by atoms with E-state index in [1.165, 1.54) is 22.8 Å². The van der Waals surface area contributed by atoms with Crippen molar-refractivity contribution in [2.75, 3.05) is 0 Å². The molecule has 0 bridgehead atoms. The van der Waals surface area contributed by atoms with Gasteiger partial charge in [0.1, 0.15) is 11.5 Å². The van der Waals surface area contributed by atoms with E-state index in [1.54, 1.807) is 32.9 Å². The first-order valence-corrected chi connectivity index (χ1v) is 11.3. The molecule has 1 rings (SSSR count). The van der Waals surface area contributed by atoms with Crippen LogP contribution in [-0.4, -0.2) is 20.9 Å². The highest BCUT2D eigenvalue weighted by molar-refractivity contribution is 5.64. The zero-order chi connectivity index (χ0) is 23.6. The van der Waals surface area contributed by atoms with Crippen LogP contribution in [0.4, 0.5) is 0 Å². The molecule has 0 saturated heterocycles. The lowest BCUT2D eigenvalue weighted by atomic mass is 9.96. The number of rotatable bonds is 11. The monoisotopic (exact) mass is 426 g/mol. The second-order valence-corrected chi connectivity index (χ2v) is 9.27. The van der Waals surface area contributed by atoms with Crippen LogP contribution in [0.15, 0.2) is 47.1 Å². The van der Waals surface area contributed by atoms with E-state index in [0.717, 1.165) is 32.1 Å². The molecule has 0 saturated carbocycles. The van der Waals surface area contributed by atoms with Crippen molar-refractivity contribution < 1.29 is 15.3 Å². The number of aromatic hydroxyl groups is 2. The van der Waals surface area contributed by atoms with E-state index in [4.69, 9.17) is 0 Å². The molecule has 3 nitrogen and oxygen atoms in total. The van der Waals surface area contributed by atoms with E-state index < -0.39 is 5.60 Å². The SMILES string of the molecule is CC(C)=CCCC(C)=CCCC(C)=CCCC(C)(O)C=Cc1cc(O)c(C)c(C)c1O. The summed E-state index contributed by atoms with van der Waals surface area (Å²) < 4.78 is 0. The van der Waals surface area contributed by atoms with Crippen LogP contribution in [-0.2, 0) is 0 Å². The maximum atomic E-state index is 10.7. The minimum absolute atomic E-state index is 0.141. The van der Waals surface area contributed by atoms with Gasteiger partial charge in [-0.15, -0.1) is 0 Å². The number of phenolic OH excluding ortho intramolecular Hbond substituents is 2. The van der Waals surface area contributed by atoms with Crippen LogP contribution >= 0.6 is 0 Å². The van der Waals surface area contributed by atoms with E-state index in [0.29, 0.717) is 23.1 Å². The van der Waals surface area contributed by atoms with Gasteiger partial charge in [0.05, 0.1) is 5.60 Å². The Bertz CT molecular complexity index is 847. The molecule has 3 heteroatoms. The molecular formula is C28H42O3. The maximum absolute atomic E-state index is 10.7. The van der Waals surface area contributed by atoms with Crippen molar-refractivity contribution in [3.63, 3.8) is 0 Å². The van der Waals surface area contributed by atoms with Gasteiger partial charge in [-0.05, 0) is 104 Å². The lowest BCUT2D eigenvalue weighted by Gasteiger charge is -2.18. The zero-order valence-corrected chi connectivity index (χ0v) is 20.5. The van der Waals surface area contributed by atoms with Crippen molar-refractivity contribution in [3.8, 4) is 11.5 Å². The Balaban J connectivity index is 2.55. The summed E-state index contributed by atoms with van der Waals surface area (Å²) in [4.78, 5) is 0. The zero-order valence-electron chi connectivity index (χ0n) is 20.5. The average molecular weight is 427 g/mol. The number of allylic oxidation sites excluding steroid dienone is 6. The molecule has 0 fully saturated rings. The van der Waals surface area contributed by atoms with Crippen LogP contribution in [0.25, 0.3) is 6.08 Å². The third-order valence-electron chi connectivity index (χ3n) is 5.76. The number of hydrogen-bond acceptors (Lipinski definition) is 3. The topological polar surface area (TPSA) is 60.7 Å². The van der Waals surface area contributed by atoms with Crippen molar-refractivity contribution in [2.24, 2.45) is 0 Å². The van der Waals surface area contributed by atoms with Crippen molar-refractivity contribution in [2.45, 2.75) is 92.6 Å². The maximum Gasteiger partial charge on any atom is 0.126 e. The predicted molar refractivity (Wildman–Crippen MR) is 134 cm³/mol. The molecule has 1 atom stereocenters. The highest BCUT2D eigenvalue weighted by Gasteiger charge is 2.16. The van der Waals surface area contributed by atoms with Gasteiger partial charge in [0.15, 0.2) is 0 Å². The van der Waals surface area contributed by atoms with Gasteiger partial charge in [0.2, 0.25) is 0 Å². The summed E-state index contributed by atoms with van der Waals surface area (Å²) in [6, 6.07) is 1.53. The fourth-order valence-electron chi connectivity index (χ4n) is 3.34. The Morgan fingerprint density at radius 1 is 0.871 bits per heavy atom. The van der Waals surface area contributed by atoms with Crippen LogP contribution in [0.1, 0.15) is 89.8 Å². The van der Waals surface area contributed by atoms with Crippen LogP contribution in [0.2, 0.25) is 0 Å². The van der Waals surface area contributed by atoms with Gasteiger partial charge in [0.25, 0.3) is 0 Å². The molecule has 31 heavy (non-hydrogen) atoms. The fraction of sp³-hybridized carbons (Fsp3) is 0.500. The van der Waals surface area contributed by atoms with Crippen LogP contribution in [0.5, 0.6) is 11.5 Å². The largest absolute Gasteiger partial charge is 0.508 e. The predicted octanol–water partition coefficient (Wildman–Crippen LogP) is 7.68. The van der Waals surface area contributed by atoms with Crippen molar-refractivity contribution in [1.82, 2.24) is 0 Å². The molecule has 0 radical (unpaired) electrons. The van der Waals surface area contributed by atoms with Crippen LogP contribution in [0, 0.1) is 13.8 Å². The molecule has 1 unspecified atom stereocenters. The summed E-state index contributed by atoms with van der Waals surface area (Å²) in [6.07, 6.45) is 15.9. The Labute approximate surface area is 189 Å². The third-order valence-corrected chi connectivity index (χ3v) is 5.76. The van der Waals surface area contributed by atoms with Gasteiger partial charge >= 0.3 is 0 Å². The van der Waals surface area contributed by atoms with Gasteiger partial charge in [-0.2, -0.15) is 0 Å². The summed E-state index contributed by atoms with van der Waals surface area (Å²) in [5, 5.41) is 30.9. The minimum Gasteiger partial charge on any atom is -0.508 e. The Morgan fingerprint density at radius 2 is 1.42 bits per heavy atom. The molecule has 1 aromatic rings. The first kappa shape index (κ1) is 26.8. The van der Waals surface area contributed by atoms with Gasteiger partial charge in [-0.3, -0.25) is 0 Å². The van der Waals surface area contributed by atoms with E-state index >= 15 is 0 Å². The average Bonchev–Trinajstić information content (AvgIpc) is 2.67. The van der Waals surface area contributed by atoms with Crippen molar-refractivity contribution >= 4 is 6.08 Å². The quantitative estimate of drug-likeness (QED) is 0.251. The summed E-state index contributed by atoms with van der Waals surface area (Å²) >= 11 is 0. The smallest absolute Gasteiger partial charge is 0.126 e. The summed E-state index contributed by atoms with van der Waals surface area (Å²) in [5.41, 5.74) is 5.00. The number of aliphatic hydroxyl groups is 1. The highest BCUT2D eigenvalue weighted by atomic mass is 16.3. The molecule has 0 heterocycles. The molecule has 0 aliphatic heterocycles. The van der Waals surface area contributed by atoms with Gasteiger partial charge in [-0.1, -0.05) is 47.1 Å². The number of hydrogen-bond donors (Lipinski definition) is 3. The Hall–Kier alpha value is -2.26. The van der Waals surface area contributed by atoms with Crippen LogP contribution in [0.3, 0.4) is 0 Å². The second kappa shape index (κ2) is 12.6. The summed E-state index contributed by atoms with van der Waals surface area (Å²) in [7, 11) is 0. The molecule has 3 N–H and O–H groups in total. The highest BCUT2D eigenvalue weighted by Crippen LogP contribution is 2.33. The number of benzene rings is 1. The summed E-state index contributed by atoms with van der Waals surface area (Å²) in [5.74, 6) is 0.289. The van der Waals surface area contributed by atoms with Gasteiger partial charge in [-0.25, -0.2) is 0 Å². The lowest BCUT2D eigenvalue weighted by molar-refractivity contribution is 0.104. The van der Waals surface area contributed by atoms with Crippen molar-refractivity contribution in [1.29, 1.82) is 0 Å². The van der Waals surface area contributed by atoms with Gasteiger partial charge in [0, 0.05) is 5.56 Å². The first-order valence-electron chi connectivity index (χ1n) is 11.3. The number of phenols is 2. The van der Waals surface area contributed by atoms with Gasteiger partial charge < -0.3 is 15.3 Å². The first-order chi connectivity index (χ1) is 14.4. The molecule has 0 aliphatic rings. The van der Waals surface area contributed by atoms with E-state index in [1.807, 2.05) is 0 Å². The third kappa shape index (κ3) is 10.1. The molecule has 0 aromatic heterocycles. The van der Waals surface area contributed by atoms with Crippen molar-refractivity contribution in [3.05, 3.63) is 63.8 Å². The Morgan fingerprint density at radius 3 is 2.00 bits per heavy atom. The van der Waals surface area contributed by atoms with E-state index in [9.17, 15) is 15.3 Å². The van der Waals surface area contributed by atoms with E-state index in [2.05, 4.69) is 45.9 Å². The standard InChI is InChI=1S/C28H42O3/c1-20(2)11-8-12-21(3)13-9-14-22(4)15-10-17-28(7,31)18-16-25-19-26(29)23(5)24(6)27(25)30/h11,13,15-16,18-19,29-31H,8-10,12,14,17H2,1-7H3. The normalized spacial score (nSPS) is 14.7. The van der Waals surface area contributed by atoms with E-state index in [-0.39, 0.29) is 11.5 Å². The lowest BCUT2D eigenvalue weighted by Crippen LogP contribution is -2.19. The van der Waals surface area contributed by atoms with Crippen LogP contribution < -0.4 is 0 Å². The summed E-state index contributed by atoms with van der Waals surface area (Å²) in [6.45, 7) is 13.9. The molecule has 1 aromatic carbocycles. The second-order valence-electron chi connectivity index (χ2n) is 9.27. The molecule has 172 valence electrons. The Kier molecular flexibility index (Phi) is 10.8. The molecule has 0 amide bonds. The molecule has 0 aliphatic carbocycles. The molecule has 0 spiro atoms. The minimum atomic E-state index is -0.987. The molecular weight excluding hydrogens is 384 g/mol. The fourth-order valence-corrected chi connectivity index (χ4v) is 3.34.